The number of methoxy groups -OCH3 is 3. The first-order chi connectivity index (χ1) is 11.5. The van der Waals surface area contributed by atoms with Crippen LogP contribution in [0.2, 0.25) is 0 Å². The van der Waals surface area contributed by atoms with Crippen LogP contribution in [0, 0.1) is 5.92 Å². The molecule has 1 aliphatic heterocycles. The summed E-state index contributed by atoms with van der Waals surface area (Å²) in [5, 5.41) is 0. The van der Waals surface area contributed by atoms with Crippen molar-refractivity contribution in [2.75, 3.05) is 21.3 Å². The van der Waals surface area contributed by atoms with Crippen LogP contribution in [0.1, 0.15) is 21.8 Å². The summed E-state index contributed by atoms with van der Waals surface area (Å²) in [6.07, 6.45) is 2.79. The molecule has 24 heavy (non-hydrogen) atoms. The van der Waals surface area contributed by atoms with Crippen molar-refractivity contribution in [2.24, 2.45) is 10.9 Å². The fourth-order valence-electron chi connectivity index (χ4n) is 2.54. The molecular weight excluding hydrogens is 314 g/mol. The topological polar surface area (TPSA) is 91.3 Å². The summed E-state index contributed by atoms with van der Waals surface area (Å²) in [6.45, 7) is 0. The van der Waals surface area contributed by atoms with Crippen molar-refractivity contribution in [3.05, 3.63) is 47.2 Å². The number of carbonyl (C=O) groups excluding carboxylic acids is 3. The van der Waals surface area contributed by atoms with Gasteiger partial charge >= 0.3 is 17.9 Å². The molecule has 1 aliphatic rings. The lowest BCUT2D eigenvalue weighted by Gasteiger charge is -2.26. The lowest BCUT2D eigenvalue weighted by molar-refractivity contribution is -0.143. The first kappa shape index (κ1) is 17.4. The number of carbonyl (C=O) groups is 3. The summed E-state index contributed by atoms with van der Waals surface area (Å²) in [5.74, 6) is -2.95. The molecule has 0 saturated carbocycles. The van der Waals surface area contributed by atoms with E-state index in [2.05, 4.69) is 9.73 Å². The van der Waals surface area contributed by atoms with Crippen LogP contribution in [0.25, 0.3) is 0 Å². The van der Waals surface area contributed by atoms with E-state index in [0.29, 0.717) is 11.1 Å². The van der Waals surface area contributed by atoms with Crippen molar-refractivity contribution in [1.29, 1.82) is 0 Å². The Hall–Kier alpha value is -2.96. The van der Waals surface area contributed by atoms with Crippen molar-refractivity contribution in [3.8, 4) is 0 Å². The third-order valence-electron chi connectivity index (χ3n) is 3.74. The Bertz CT molecular complexity index is 704. The van der Waals surface area contributed by atoms with Gasteiger partial charge in [0, 0.05) is 18.3 Å². The highest BCUT2D eigenvalue weighted by Gasteiger charge is 2.37. The van der Waals surface area contributed by atoms with E-state index < -0.39 is 29.7 Å². The molecule has 0 fully saturated rings. The van der Waals surface area contributed by atoms with Gasteiger partial charge in [-0.05, 0) is 17.7 Å². The van der Waals surface area contributed by atoms with Gasteiger partial charge in [0.1, 0.15) is 5.92 Å². The Morgan fingerprint density at radius 1 is 0.917 bits per heavy atom. The second kappa shape index (κ2) is 7.54. The van der Waals surface area contributed by atoms with Gasteiger partial charge in [-0.1, -0.05) is 12.1 Å². The highest BCUT2D eigenvalue weighted by Crippen LogP contribution is 2.35. The molecule has 0 radical (unpaired) electrons. The third-order valence-corrected chi connectivity index (χ3v) is 3.74. The average molecular weight is 331 g/mol. The number of hydrogen-bond acceptors (Lipinski definition) is 7. The zero-order valence-electron chi connectivity index (χ0n) is 13.5. The van der Waals surface area contributed by atoms with Crippen LogP contribution >= 0.6 is 0 Å². The zero-order valence-corrected chi connectivity index (χ0v) is 13.5. The quantitative estimate of drug-likeness (QED) is 0.613. The van der Waals surface area contributed by atoms with Crippen LogP contribution in [0.5, 0.6) is 0 Å². The molecule has 0 aliphatic carbocycles. The van der Waals surface area contributed by atoms with Gasteiger partial charge in [0.25, 0.3) is 0 Å². The summed E-state index contributed by atoms with van der Waals surface area (Å²) in [7, 11) is 3.81. The lowest BCUT2D eigenvalue weighted by Crippen LogP contribution is -2.31. The molecule has 7 nitrogen and oxygen atoms in total. The van der Waals surface area contributed by atoms with Gasteiger partial charge in [-0.25, -0.2) is 9.59 Å². The number of aliphatic imine (C=N–C) groups is 1. The molecule has 2 atom stereocenters. The largest absolute Gasteiger partial charge is 0.468 e. The van der Waals surface area contributed by atoms with Gasteiger partial charge in [0.2, 0.25) is 0 Å². The van der Waals surface area contributed by atoms with Gasteiger partial charge in [-0.3, -0.25) is 9.79 Å². The molecule has 0 amide bonds. The number of rotatable bonds is 4. The molecule has 0 spiro atoms. The predicted molar refractivity (Wildman–Crippen MR) is 84.6 cm³/mol. The molecule has 0 aromatic heterocycles. The zero-order chi connectivity index (χ0) is 17.7. The van der Waals surface area contributed by atoms with Crippen LogP contribution in [0.3, 0.4) is 0 Å². The number of hydrogen-bond donors (Lipinski definition) is 0. The number of esters is 3. The second-order valence-electron chi connectivity index (χ2n) is 5.01. The van der Waals surface area contributed by atoms with E-state index >= 15 is 0 Å². The van der Waals surface area contributed by atoms with E-state index in [4.69, 9.17) is 9.47 Å². The first-order valence-electron chi connectivity index (χ1n) is 7.11. The smallest absolute Gasteiger partial charge is 0.337 e. The van der Waals surface area contributed by atoms with E-state index in [-0.39, 0.29) is 5.57 Å². The molecule has 1 aromatic carbocycles. The fourth-order valence-corrected chi connectivity index (χ4v) is 2.54. The maximum absolute atomic E-state index is 12.1. The second-order valence-corrected chi connectivity index (χ2v) is 5.01. The predicted octanol–water partition coefficient (Wildman–Crippen LogP) is 1.49. The van der Waals surface area contributed by atoms with Crippen LogP contribution in [0.15, 0.2) is 41.0 Å². The Balaban J connectivity index is 2.45. The van der Waals surface area contributed by atoms with Crippen molar-refractivity contribution in [2.45, 2.75) is 5.92 Å². The molecule has 2 rings (SSSR count). The van der Waals surface area contributed by atoms with Crippen LogP contribution in [-0.2, 0) is 23.8 Å². The van der Waals surface area contributed by atoms with Gasteiger partial charge in [0.05, 0.1) is 32.5 Å². The molecule has 7 heteroatoms. The van der Waals surface area contributed by atoms with E-state index in [0.717, 1.165) is 0 Å². The SMILES string of the molecule is COC(=O)C1=CN=CC(C(=O)OC)[C@H]1c1ccc(C(=O)OC)cc1. The maximum Gasteiger partial charge on any atom is 0.337 e. The van der Waals surface area contributed by atoms with Crippen LogP contribution in [-0.4, -0.2) is 45.5 Å². The standard InChI is InChI=1S/C17H17NO6/c1-22-15(19)11-6-4-10(5-7-11)14-12(16(20)23-2)8-18-9-13(14)17(21)24-3/h4-9,12,14H,1-3H3/t12?,14-/m1/s1. The minimum absolute atomic E-state index is 0.237. The Morgan fingerprint density at radius 3 is 2.08 bits per heavy atom. The molecule has 126 valence electrons. The maximum atomic E-state index is 12.1. The van der Waals surface area contributed by atoms with Crippen LogP contribution < -0.4 is 0 Å². The van der Waals surface area contributed by atoms with Gasteiger partial charge in [-0.2, -0.15) is 0 Å². The first-order valence-corrected chi connectivity index (χ1v) is 7.11. The Labute approximate surface area is 138 Å². The summed E-state index contributed by atoms with van der Waals surface area (Å²) < 4.78 is 14.2. The molecule has 0 saturated heterocycles. The normalized spacial score (nSPS) is 19.2. The van der Waals surface area contributed by atoms with Gasteiger partial charge in [0.15, 0.2) is 0 Å². The molecule has 1 heterocycles. The number of benzene rings is 1. The fraction of sp³-hybridized carbons (Fsp3) is 0.294. The van der Waals surface area contributed by atoms with E-state index in [1.807, 2.05) is 0 Å². The Morgan fingerprint density at radius 2 is 1.54 bits per heavy atom. The molecule has 1 unspecified atom stereocenters. The average Bonchev–Trinajstić information content (AvgIpc) is 2.65. The number of nitrogens with zero attached hydrogens (tertiary/aromatic N) is 1. The van der Waals surface area contributed by atoms with E-state index in [9.17, 15) is 14.4 Å². The summed E-state index contributed by atoms with van der Waals surface area (Å²) in [5.41, 5.74) is 1.26. The van der Waals surface area contributed by atoms with E-state index in [1.54, 1.807) is 24.3 Å². The van der Waals surface area contributed by atoms with Crippen molar-refractivity contribution < 1.29 is 28.6 Å². The minimum atomic E-state index is -0.766. The molecule has 0 bridgehead atoms. The molecular formula is C17H17NO6. The number of ether oxygens (including phenoxy) is 3. The van der Waals surface area contributed by atoms with E-state index in [1.165, 1.54) is 33.7 Å². The highest BCUT2D eigenvalue weighted by molar-refractivity contribution is 5.99. The monoisotopic (exact) mass is 331 g/mol. The summed E-state index contributed by atoms with van der Waals surface area (Å²) >= 11 is 0. The molecule has 0 N–H and O–H groups in total. The minimum Gasteiger partial charge on any atom is -0.468 e. The lowest BCUT2D eigenvalue weighted by atomic mass is 9.79. The van der Waals surface area contributed by atoms with Crippen molar-refractivity contribution in [3.63, 3.8) is 0 Å². The highest BCUT2D eigenvalue weighted by atomic mass is 16.5. The summed E-state index contributed by atoms with van der Waals surface area (Å²) in [4.78, 5) is 39.6. The van der Waals surface area contributed by atoms with Gasteiger partial charge < -0.3 is 14.2 Å². The van der Waals surface area contributed by atoms with Crippen molar-refractivity contribution >= 4 is 24.1 Å². The third kappa shape index (κ3) is 3.34. The van der Waals surface area contributed by atoms with Crippen LogP contribution in [0.4, 0.5) is 0 Å². The summed E-state index contributed by atoms with van der Waals surface area (Å²) in [6, 6.07) is 6.44. The van der Waals surface area contributed by atoms with Gasteiger partial charge in [-0.15, -0.1) is 0 Å². The Kier molecular flexibility index (Phi) is 5.47. The van der Waals surface area contributed by atoms with Crippen molar-refractivity contribution in [1.82, 2.24) is 0 Å². The molecule has 1 aromatic rings.